The van der Waals surface area contributed by atoms with Crippen LogP contribution in [0, 0.1) is 0 Å². The zero-order valence-electron chi connectivity index (χ0n) is 9.72. The summed E-state index contributed by atoms with van der Waals surface area (Å²) in [6.07, 6.45) is 2.96. The number of hydrogen-bond acceptors (Lipinski definition) is 1. The Labute approximate surface area is 87.9 Å². The predicted octanol–water partition coefficient (Wildman–Crippen LogP) is 3.96. The van der Waals surface area contributed by atoms with Crippen LogP contribution in [0.3, 0.4) is 0 Å². The fourth-order valence-corrected chi connectivity index (χ4v) is 1.26. The summed E-state index contributed by atoms with van der Waals surface area (Å²) < 4.78 is 0. The van der Waals surface area contributed by atoms with E-state index in [0.29, 0.717) is 0 Å². The van der Waals surface area contributed by atoms with Gasteiger partial charge < -0.3 is 5.32 Å². The third-order valence-electron chi connectivity index (χ3n) is 2.04. The molecule has 0 atom stereocenters. The van der Waals surface area contributed by atoms with E-state index in [-0.39, 0.29) is 0 Å². The van der Waals surface area contributed by atoms with Crippen LogP contribution in [0.25, 0.3) is 6.08 Å². The topological polar surface area (TPSA) is 12.0 Å². The largest absolute Gasteiger partial charge is 0.388 e. The van der Waals surface area contributed by atoms with Gasteiger partial charge in [0.15, 0.2) is 0 Å². The lowest BCUT2D eigenvalue weighted by Gasteiger charge is -2.06. The zero-order valence-corrected chi connectivity index (χ0v) is 9.72. The van der Waals surface area contributed by atoms with Gasteiger partial charge in [0, 0.05) is 12.7 Å². The maximum atomic E-state index is 3.79. The Hall–Kier alpha value is -1.24. The maximum absolute atomic E-state index is 3.79. The first-order chi connectivity index (χ1) is 6.81. The third-order valence-corrected chi connectivity index (χ3v) is 2.04. The monoisotopic (exact) mass is 191 g/mol. The first-order valence-electron chi connectivity index (χ1n) is 5.25. The molecule has 0 saturated heterocycles. The minimum atomic E-state index is 1.06. The molecule has 0 aliphatic rings. The van der Waals surface area contributed by atoms with Gasteiger partial charge in [0.1, 0.15) is 0 Å². The van der Waals surface area contributed by atoms with E-state index >= 15 is 0 Å². The van der Waals surface area contributed by atoms with Crippen molar-refractivity contribution in [3.05, 3.63) is 35.9 Å². The third kappa shape index (κ3) is 3.25. The number of rotatable bonds is 3. The Morgan fingerprint density at radius 1 is 1.36 bits per heavy atom. The van der Waals surface area contributed by atoms with Crippen LogP contribution in [0.2, 0.25) is 0 Å². The predicted molar refractivity (Wildman–Crippen MR) is 66.8 cm³/mol. The van der Waals surface area contributed by atoms with Gasteiger partial charge in [-0.05, 0) is 29.7 Å². The molecule has 1 nitrogen and oxygen atoms in total. The van der Waals surface area contributed by atoms with Crippen LogP contribution >= 0.6 is 0 Å². The summed E-state index contributed by atoms with van der Waals surface area (Å²) >= 11 is 0. The Morgan fingerprint density at radius 3 is 2.43 bits per heavy atom. The first-order valence-corrected chi connectivity index (χ1v) is 5.25. The highest BCUT2D eigenvalue weighted by atomic mass is 14.8. The van der Waals surface area contributed by atoms with Gasteiger partial charge in [-0.15, -0.1) is 0 Å². The normalized spacial score (nSPS) is 8.57. The molecule has 1 rings (SSSR count). The second kappa shape index (κ2) is 7.19. The van der Waals surface area contributed by atoms with Crippen LogP contribution in [-0.4, -0.2) is 7.05 Å². The molecule has 14 heavy (non-hydrogen) atoms. The fourth-order valence-electron chi connectivity index (χ4n) is 1.26. The Balaban J connectivity index is 0.000000791. The van der Waals surface area contributed by atoms with E-state index in [1.807, 2.05) is 27.0 Å². The maximum Gasteiger partial charge on any atom is 0.0343 e. The number of nitrogens with one attached hydrogen (secondary N) is 1. The summed E-state index contributed by atoms with van der Waals surface area (Å²) in [5, 5.41) is 3.11. The summed E-state index contributed by atoms with van der Waals surface area (Å²) in [6, 6.07) is 6.35. The number of benzene rings is 1. The van der Waals surface area contributed by atoms with Gasteiger partial charge in [-0.3, -0.25) is 0 Å². The van der Waals surface area contributed by atoms with Crippen molar-refractivity contribution in [2.45, 2.75) is 27.2 Å². The van der Waals surface area contributed by atoms with Crippen molar-refractivity contribution in [3.8, 4) is 0 Å². The van der Waals surface area contributed by atoms with Crippen LogP contribution in [0.15, 0.2) is 24.8 Å². The molecule has 0 fully saturated rings. The van der Waals surface area contributed by atoms with Crippen molar-refractivity contribution < 1.29 is 0 Å². The van der Waals surface area contributed by atoms with Gasteiger partial charge in [-0.2, -0.15) is 0 Å². The van der Waals surface area contributed by atoms with E-state index in [0.717, 1.165) is 12.1 Å². The van der Waals surface area contributed by atoms with Crippen LogP contribution < -0.4 is 5.32 Å². The molecule has 0 unspecified atom stereocenters. The Bertz CT molecular complexity index is 277. The smallest absolute Gasteiger partial charge is 0.0343 e. The van der Waals surface area contributed by atoms with Crippen molar-refractivity contribution in [1.82, 2.24) is 0 Å². The molecule has 0 radical (unpaired) electrons. The van der Waals surface area contributed by atoms with Crippen molar-refractivity contribution in [1.29, 1.82) is 0 Å². The first kappa shape index (κ1) is 12.8. The second-order valence-corrected chi connectivity index (χ2v) is 2.72. The van der Waals surface area contributed by atoms with Crippen LogP contribution in [0.4, 0.5) is 5.69 Å². The number of hydrogen-bond donors (Lipinski definition) is 1. The molecule has 1 heteroatoms. The molecule has 0 spiro atoms. The van der Waals surface area contributed by atoms with Crippen LogP contribution in [0.5, 0.6) is 0 Å². The lowest BCUT2D eigenvalue weighted by Crippen LogP contribution is -1.91. The summed E-state index contributed by atoms with van der Waals surface area (Å²) in [5.41, 5.74) is 3.72. The second-order valence-electron chi connectivity index (χ2n) is 2.72. The van der Waals surface area contributed by atoms with Gasteiger partial charge in [0.25, 0.3) is 0 Å². The summed E-state index contributed by atoms with van der Waals surface area (Å²) in [5.74, 6) is 0. The highest BCUT2D eigenvalue weighted by Crippen LogP contribution is 2.16. The molecule has 0 aliphatic heterocycles. The van der Waals surface area contributed by atoms with Gasteiger partial charge in [0.2, 0.25) is 0 Å². The summed E-state index contributed by atoms with van der Waals surface area (Å²) in [4.78, 5) is 0. The molecule has 78 valence electrons. The highest BCUT2D eigenvalue weighted by molar-refractivity contribution is 5.59. The SMILES string of the molecule is C=Cc1cc(NC)ccc1CC.CC. The lowest BCUT2D eigenvalue weighted by molar-refractivity contribution is 1.13. The average molecular weight is 191 g/mol. The van der Waals surface area contributed by atoms with Crippen molar-refractivity contribution in [2.24, 2.45) is 0 Å². The van der Waals surface area contributed by atoms with Gasteiger partial charge in [-0.25, -0.2) is 0 Å². The minimum Gasteiger partial charge on any atom is -0.388 e. The number of anilines is 1. The van der Waals surface area contributed by atoms with E-state index in [1.165, 1.54) is 11.1 Å². The van der Waals surface area contributed by atoms with Crippen molar-refractivity contribution in [3.63, 3.8) is 0 Å². The molecule has 0 bridgehead atoms. The van der Waals surface area contributed by atoms with Crippen LogP contribution in [-0.2, 0) is 6.42 Å². The molecule has 0 amide bonds. The van der Waals surface area contributed by atoms with Gasteiger partial charge in [0.05, 0.1) is 0 Å². The van der Waals surface area contributed by atoms with Crippen molar-refractivity contribution in [2.75, 3.05) is 12.4 Å². The van der Waals surface area contributed by atoms with Gasteiger partial charge in [-0.1, -0.05) is 39.5 Å². The lowest BCUT2D eigenvalue weighted by atomic mass is 10.0. The van der Waals surface area contributed by atoms with E-state index in [2.05, 4.69) is 37.0 Å². The molecule has 0 aliphatic carbocycles. The molecule has 0 saturated carbocycles. The van der Waals surface area contributed by atoms with E-state index in [4.69, 9.17) is 0 Å². The highest BCUT2D eigenvalue weighted by Gasteiger charge is 1.97. The molecule has 1 N–H and O–H groups in total. The number of aryl methyl sites for hydroxylation is 1. The standard InChI is InChI=1S/C11H15N.C2H6/c1-4-9-6-7-11(12-3)8-10(9)5-2;1-2/h5-8,12H,2,4H2,1,3H3;1-2H3. The van der Waals surface area contributed by atoms with E-state index in [9.17, 15) is 0 Å². The van der Waals surface area contributed by atoms with E-state index in [1.54, 1.807) is 0 Å². The molecule has 0 aromatic heterocycles. The van der Waals surface area contributed by atoms with Crippen LogP contribution in [0.1, 0.15) is 31.9 Å². The summed E-state index contributed by atoms with van der Waals surface area (Å²) in [6.45, 7) is 9.94. The molecular weight excluding hydrogens is 170 g/mol. The fraction of sp³-hybridized carbons (Fsp3) is 0.385. The molecule has 1 aromatic carbocycles. The Kier molecular flexibility index (Phi) is 6.55. The molecule has 1 aromatic rings. The minimum absolute atomic E-state index is 1.06. The Morgan fingerprint density at radius 2 is 2.00 bits per heavy atom. The van der Waals surface area contributed by atoms with Crippen molar-refractivity contribution >= 4 is 11.8 Å². The molecule has 0 heterocycles. The van der Waals surface area contributed by atoms with E-state index < -0.39 is 0 Å². The average Bonchev–Trinajstić information content (AvgIpc) is 2.30. The summed E-state index contributed by atoms with van der Waals surface area (Å²) in [7, 11) is 1.92. The quantitative estimate of drug-likeness (QED) is 0.762. The van der Waals surface area contributed by atoms with Gasteiger partial charge >= 0.3 is 0 Å². The zero-order chi connectivity index (χ0) is 11.0. The molecular formula is C13H21N.